The number of amides is 1. The van der Waals surface area contributed by atoms with Crippen LogP contribution in [-0.4, -0.2) is 19.1 Å². The van der Waals surface area contributed by atoms with E-state index < -0.39 is 5.82 Å². The van der Waals surface area contributed by atoms with E-state index >= 15 is 0 Å². The molecule has 2 aromatic carbocycles. The van der Waals surface area contributed by atoms with Gasteiger partial charge in [-0.25, -0.2) is 4.39 Å². The van der Waals surface area contributed by atoms with E-state index in [-0.39, 0.29) is 5.91 Å². The molecule has 5 heteroatoms. The summed E-state index contributed by atoms with van der Waals surface area (Å²) in [6.07, 6.45) is 0. The van der Waals surface area contributed by atoms with Crippen molar-refractivity contribution in [3.05, 3.63) is 59.4 Å². The molecule has 0 radical (unpaired) electrons. The topological polar surface area (TPSA) is 64.3 Å². The highest BCUT2D eigenvalue weighted by Gasteiger charge is 2.10. The van der Waals surface area contributed by atoms with E-state index in [4.69, 9.17) is 10.5 Å². The van der Waals surface area contributed by atoms with Crippen molar-refractivity contribution in [2.24, 2.45) is 5.73 Å². The summed E-state index contributed by atoms with van der Waals surface area (Å²) < 4.78 is 18.6. The second-order valence-corrected chi connectivity index (χ2v) is 4.57. The van der Waals surface area contributed by atoms with E-state index in [9.17, 15) is 9.18 Å². The highest BCUT2D eigenvalue weighted by Crippen LogP contribution is 2.17. The largest absolute Gasteiger partial charge is 0.492 e. The predicted octanol–water partition coefficient (Wildman–Crippen LogP) is 2.72. The van der Waals surface area contributed by atoms with E-state index in [2.05, 4.69) is 5.32 Å². The van der Waals surface area contributed by atoms with E-state index in [0.29, 0.717) is 30.2 Å². The van der Waals surface area contributed by atoms with Gasteiger partial charge in [-0.2, -0.15) is 0 Å². The minimum Gasteiger partial charge on any atom is -0.492 e. The number of carbonyl (C=O) groups is 1. The summed E-state index contributed by atoms with van der Waals surface area (Å²) in [4.78, 5) is 12.1. The van der Waals surface area contributed by atoms with Crippen LogP contribution in [0.3, 0.4) is 0 Å². The Labute approximate surface area is 122 Å². The highest BCUT2D eigenvalue weighted by molar-refractivity contribution is 6.05. The maximum absolute atomic E-state index is 13.2. The molecule has 0 fully saturated rings. The standard InChI is InChI=1S/C16H17FN2O2/c1-11-2-3-12(17)10-15(11)16(20)19-13-4-6-14(7-5-13)21-9-8-18/h2-7,10H,8-9,18H2,1H3,(H,19,20). The number of ether oxygens (including phenoxy) is 1. The van der Waals surface area contributed by atoms with E-state index in [1.165, 1.54) is 12.1 Å². The van der Waals surface area contributed by atoms with Gasteiger partial charge in [0.15, 0.2) is 0 Å². The molecule has 0 bridgehead atoms. The van der Waals surface area contributed by atoms with Crippen LogP contribution in [0.25, 0.3) is 0 Å². The van der Waals surface area contributed by atoms with Gasteiger partial charge in [-0.3, -0.25) is 4.79 Å². The zero-order valence-corrected chi connectivity index (χ0v) is 11.7. The van der Waals surface area contributed by atoms with Gasteiger partial charge >= 0.3 is 0 Å². The molecule has 1 amide bonds. The lowest BCUT2D eigenvalue weighted by Gasteiger charge is -2.09. The van der Waals surface area contributed by atoms with Crippen molar-refractivity contribution in [2.75, 3.05) is 18.5 Å². The quantitative estimate of drug-likeness (QED) is 0.889. The Morgan fingerprint density at radius 2 is 1.95 bits per heavy atom. The predicted molar refractivity (Wildman–Crippen MR) is 80.1 cm³/mol. The van der Waals surface area contributed by atoms with Crippen LogP contribution in [0.15, 0.2) is 42.5 Å². The number of hydrogen-bond acceptors (Lipinski definition) is 3. The molecule has 0 saturated heterocycles. The molecule has 0 aromatic heterocycles. The first kappa shape index (κ1) is 15.0. The summed E-state index contributed by atoms with van der Waals surface area (Å²) in [6.45, 7) is 2.64. The Morgan fingerprint density at radius 1 is 1.24 bits per heavy atom. The van der Waals surface area contributed by atoms with Crippen molar-refractivity contribution >= 4 is 11.6 Å². The SMILES string of the molecule is Cc1ccc(F)cc1C(=O)Nc1ccc(OCCN)cc1. The summed E-state index contributed by atoms with van der Waals surface area (Å²) in [7, 11) is 0. The third-order valence-electron chi connectivity index (χ3n) is 2.94. The summed E-state index contributed by atoms with van der Waals surface area (Å²) in [6, 6.07) is 11.1. The summed E-state index contributed by atoms with van der Waals surface area (Å²) in [5.41, 5.74) is 7.00. The van der Waals surface area contributed by atoms with Crippen LogP contribution in [0.1, 0.15) is 15.9 Å². The molecular formula is C16H17FN2O2. The van der Waals surface area contributed by atoms with Crippen molar-refractivity contribution in [1.29, 1.82) is 0 Å². The number of benzene rings is 2. The molecule has 4 nitrogen and oxygen atoms in total. The van der Waals surface area contributed by atoms with Crippen LogP contribution in [0.5, 0.6) is 5.75 Å². The maximum atomic E-state index is 13.2. The van der Waals surface area contributed by atoms with E-state index in [0.717, 1.165) is 5.56 Å². The zero-order chi connectivity index (χ0) is 15.2. The Bertz CT molecular complexity index is 627. The third kappa shape index (κ3) is 4.03. The third-order valence-corrected chi connectivity index (χ3v) is 2.94. The molecule has 2 aromatic rings. The molecule has 21 heavy (non-hydrogen) atoms. The van der Waals surface area contributed by atoms with Gasteiger partial charge in [-0.15, -0.1) is 0 Å². The van der Waals surface area contributed by atoms with E-state index in [1.54, 1.807) is 37.3 Å². The molecule has 0 unspecified atom stereocenters. The number of nitrogens with two attached hydrogens (primary N) is 1. The molecule has 3 N–H and O–H groups in total. The Balaban J connectivity index is 2.07. The van der Waals surface area contributed by atoms with Gasteiger partial charge in [0, 0.05) is 17.8 Å². The average Bonchev–Trinajstić information content (AvgIpc) is 2.49. The normalized spacial score (nSPS) is 10.2. The number of anilines is 1. The minimum absolute atomic E-state index is 0.318. The van der Waals surface area contributed by atoms with Crippen LogP contribution < -0.4 is 15.8 Å². The number of nitrogens with one attached hydrogen (secondary N) is 1. The van der Waals surface area contributed by atoms with Crippen molar-refractivity contribution in [3.8, 4) is 5.75 Å². The van der Waals surface area contributed by atoms with Crippen LogP contribution >= 0.6 is 0 Å². The lowest BCUT2D eigenvalue weighted by atomic mass is 10.1. The van der Waals surface area contributed by atoms with Crippen molar-refractivity contribution in [3.63, 3.8) is 0 Å². The number of halogens is 1. The van der Waals surface area contributed by atoms with Gasteiger partial charge in [0.1, 0.15) is 18.2 Å². The fourth-order valence-electron chi connectivity index (χ4n) is 1.85. The molecule has 0 atom stereocenters. The second kappa shape index (κ2) is 6.85. The summed E-state index contributed by atoms with van der Waals surface area (Å²) in [5, 5.41) is 2.72. The summed E-state index contributed by atoms with van der Waals surface area (Å²) >= 11 is 0. The van der Waals surface area contributed by atoms with Crippen molar-refractivity contribution in [2.45, 2.75) is 6.92 Å². The minimum atomic E-state index is -0.434. The molecule has 0 spiro atoms. The Hall–Kier alpha value is -2.40. The van der Waals surface area contributed by atoms with Gasteiger partial charge in [0.25, 0.3) is 5.91 Å². The van der Waals surface area contributed by atoms with Gasteiger partial charge in [-0.05, 0) is 48.9 Å². The monoisotopic (exact) mass is 288 g/mol. The van der Waals surface area contributed by atoms with Gasteiger partial charge in [-0.1, -0.05) is 6.07 Å². The second-order valence-electron chi connectivity index (χ2n) is 4.57. The maximum Gasteiger partial charge on any atom is 0.256 e. The van der Waals surface area contributed by atoms with Gasteiger partial charge in [0.2, 0.25) is 0 Å². The Kier molecular flexibility index (Phi) is 4.90. The first-order valence-corrected chi connectivity index (χ1v) is 6.60. The van der Waals surface area contributed by atoms with Gasteiger partial charge < -0.3 is 15.8 Å². The smallest absolute Gasteiger partial charge is 0.256 e. The Morgan fingerprint density at radius 3 is 2.62 bits per heavy atom. The number of rotatable bonds is 5. The molecule has 0 saturated carbocycles. The van der Waals surface area contributed by atoms with Crippen LogP contribution in [-0.2, 0) is 0 Å². The number of aryl methyl sites for hydroxylation is 1. The average molecular weight is 288 g/mol. The lowest BCUT2D eigenvalue weighted by Crippen LogP contribution is -2.14. The van der Waals surface area contributed by atoms with Crippen LogP contribution in [0.2, 0.25) is 0 Å². The summed E-state index contributed by atoms with van der Waals surface area (Å²) in [5.74, 6) is -0.0979. The number of carbonyl (C=O) groups excluding carboxylic acids is 1. The van der Waals surface area contributed by atoms with E-state index in [1.807, 2.05) is 0 Å². The highest BCUT2D eigenvalue weighted by atomic mass is 19.1. The van der Waals surface area contributed by atoms with Crippen molar-refractivity contribution in [1.82, 2.24) is 0 Å². The zero-order valence-electron chi connectivity index (χ0n) is 11.7. The van der Waals surface area contributed by atoms with Gasteiger partial charge in [0.05, 0.1) is 0 Å². The molecular weight excluding hydrogens is 271 g/mol. The molecule has 0 aliphatic heterocycles. The molecule has 0 heterocycles. The number of hydrogen-bond donors (Lipinski definition) is 2. The van der Waals surface area contributed by atoms with Crippen molar-refractivity contribution < 1.29 is 13.9 Å². The molecule has 0 aliphatic carbocycles. The molecule has 0 aliphatic rings. The first-order valence-electron chi connectivity index (χ1n) is 6.60. The molecule has 110 valence electrons. The fraction of sp³-hybridized carbons (Fsp3) is 0.188. The lowest BCUT2D eigenvalue weighted by molar-refractivity contribution is 0.102. The molecule has 2 rings (SSSR count). The first-order chi connectivity index (χ1) is 10.1. The van der Waals surface area contributed by atoms with Crippen LogP contribution in [0, 0.1) is 12.7 Å². The fourth-order valence-corrected chi connectivity index (χ4v) is 1.85. The van der Waals surface area contributed by atoms with Crippen LogP contribution in [0.4, 0.5) is 10.1 Å².